The molecule has 742 valence electrons. The van der Waals surface area contributed by atoms with Gasteiger partial charge in [-0.05, 0) is 238 Å². The summed E-state index contributed by atoms with van der Waals surface area (Å²) in [6.07, 6.45) is 59.8. The van der Waals surface area contributed by atoms with E-state index >= 15 is 0 Å². The first-order valence-electron chi connectivity index (χ1n) is 52.6. The average Bonchev–Trinajstić information content (AvgIpc) is 1.50. The molecule has 0 aromatic carbocycles. The zero-order valence-electron chi connectivity index (χ0n) is 88.8. The van der Waals surface area contributed by atoms with Crippen molar-refractivity contribution >= 4 is 0 Å². The summed E-state index contributed by atoms with van der Waals surface area (Å²) in [5.41, 5.74) is 5.87. The molecule has 16 aliphatic rings. The van der Waals surface area contributed by atoms with Crippen LogP contribution in [0.25, 0.3) is 0 Å². The van der Waals surface area contributed by atoms with Crippen molar-refractivity contribution in [2.75, 3.05) is 41.7 Å². The number of aliphatic hydroxyl groups is 6. The molecule has 10 unspecified atom stereocenters. The van der Waals surface area contributed by atoms with Crippen LogP contribution in [0.4, 0.5) is 0 Å². The van der Waals surface area contributed by atoms with Crippen molar-refractivity contribution in [3.63, 3.8) is 0 Å². The van der Waals surface area contributed by atoms with E-state index in [1.165, 1.54) is 290 Å². The highest BCUT2D eigenvalue weighted by atomic mass is 16.7. The van der Waals surface area contributed by atoms with Gasteiger partial charge in [0, 0.05) is 28.4 Å². The maximum Gasteiger partial charge on any atom is 0.186 e. The van der Waals surface area contributed by atoms with E-state index in [4.69, 9.17) is 28.4 Å². The number of methoxy groups -OCH3 is 4. The maximum absolute atomic E-state index is 9.49. The molecule has 2 aliphatic heterocycles. The minimum Gasteiger partial charge on any atom is -0.388 e. The number of hydrogen-bond donors (Lipinski definition) is 6. The summed E-state index contributed by atoms with van der Waals surface area (Å²) in [4.78, 5) is 0. The van der Waals surface area contributed by atoms with Gasteiger partial charge < -0.3 is 59.1 Å². The summed E-state index contributed by atoms with van der Waals surface area (Å²) in [5, 5.41) is 56.7. The zero-order chi connectivity index (χ0) is 94.8. The lowest BCUT2D eigenvalue weighted by atomic mass is 9.72. The fourth-order valence-corrected chi connectivity index (χ4v) is 18.6. The molecule has 16 rings (SSSR count). The third-order valence-electron chi connectivity index (χ3n) is 31.0. The van der Waals surface area contributed by atoms with Gasteiger partial charge in [0.1, 0.15) is 48.8 Å². The molecule has 12 nitrogen and oxygen atoms in total. The number of ether oxygens (including phenoxy) is 6. The molecular weight excluding hydrogens is 1550 g/mol. The molecule has 2 saturated heterocycles. The number of rotatable bonds is 7. The van der Waals surface area contributed by atoms with Crippen molar-refractivity contribution in [2.45, 2.75) is 506 Å². The Balaban J connectivity index is 0.000000672. The van der Waals surface area contributed by atoms with Crippen LogP contribution in [-0.4, -0.2) is 134 Å². The third-order valence-corrected chi connectivity index (χ3v) is 31.0. The minimum atomic E-state index is -1.28. The summed E-state index contributed by atoms with van der Waals surface area (Å²) in [7, 11) is 5.58. The predicted molar refractivity (Wildman–Crippen MR) is 537 cm³/mol. The van der Waals surface area contributed by atoms with E-state index in [0.29, 0.717) is 22.7 Å². The van der Waals surface area contributed by atoms with Crippen LogP contribution in [0.5, 0.6) is 0 Å². The standard InChI is InChI=1S/2C8H16O6.C8H16.2C8H12.3C8H16.3C7H14.3C6H12.2C5H10/c1-12-3-4(9)7-5(10)6(11)8(13-2)14-7;1-12-3-4-5(9)6(10)7(11)8(13-2)14-4;3*1-7-3-5-8(2)6-4-7;1-7-4-3-5-8(2)6-7;1-8(2)6-4-3-5-7-8;1-7-5-3-4-6-8(7)2;1-6-3-4-7(2)5-6;1-7(2)5-3-4-6-7;1-6-4-3-5-7(6)2;1-5-3-6(2)4-5;1-6(2)4-3-5-6;1-5-3-4-6(5)2;1-5(2)3-4-5;1-4-3-5(4)2/h2*4-11H,3H2,1-2H3;7-8H,3-6H2,1-2H3;3,6H,4-5H2,1-2H3;3-8H,1-2H3;7-8H,3-6H2,1-2H3;3-7H2,1-2H3;7-8H,3-6H2,1-2H3;6-7H,3-5H2,1-2H3;3-6H2,1-2H3;6-7H,3-5H2,1-2H3;5-6H,3-4H2,1-2H3;3-5H2,1-2H3;5-6H,3-4H2,1-2H3;3-4H2,1-2H3;4-5H,3H2,1-2H3/t;;;;;7-,8+;;7-,8+;6-,7+;;6-,7+;;;5-,6+;;4-,5+. The summed E-state index contributed by atoms with van der Waals surface area (Å²) < 4.78 is 29.3. The van der Waals surface area contributed by atoms with Crippen LogP contribution in [-0.2, 0) is 28.4 Å². The quantitative estimate of drug-likeness (QED) is 0.133. The van der Waals surface area contributed by atoms with E-state index in [1.807, 2.05) is 0 Å². The lowest BCUT2D eigenvalue weighted by Crippen LogP contribution is -2.59. The first-order valence-corrected chi connectivity index (χ1v) is 52.6. The van der Waals surface area contributed by atoms with Gasteiger partial charge in [0.2, 0.25) is 0 Å². The Morgan fingerprint density at radius 3 is 0.824 bits per heavy atom. The Labute approximate surface area is 777 Å². The van der Waals surface area contributed by atoms with Crippen LogP contribution in [0.3, 0.4) is 0 Å². The van der Waals surface area contributed by atoms with Gasteiger partial charge in [0.15, 0.2) is 12.6 Å². The monoisotopic (exact) mass is 1770 g/mol. The van der Waals surface area contributed by atoms with Crippen molar-refractivity contribution in [1.82, 2.24) is 0 Å². The predicted octanol–water partition coefficient (Wildman–Crippen LogP) is 29.9. The van der Waals surface area contributed by atoms with Crippen LogP contribution < -0.4 is 0 Å². The number of allylic oxidation sites excluding steroid dienone is 8. The molecule has 14 aliphatic carbocycles. The summed E-state index contributed by atoms with van der Waals surface area (Å²) in [6, 6.07) is 0. The van der Waals surface area contributed by atoms with E-state index in [-0.39, 0.29) is 13.2 Å². The summed E-state index contributed by atoms with van der Waals surface area (Å²) in [5.74, 6) is 17.7. The molecule has 0 radical (unpaired) electrons. The van der Waals surface area contributed by atoms with Crippen molar-refractivity contribution in [3.8, 4) is 0 Å². The van der Waals surface area contributed by atoms with Crippen molar-refractivity contribution in [3.05, 3.63) is 47.6 Å². The molecule has 0 spiro atoms. The Hall–Kier alpha value is -1.52. The first-order chi connectivity index (χ1) is 58.5. The van der Waals surface area contributed by atoms with Gasteiger partial charge in [-0.3, -0.25) is 0 Å². The van der Waals surface area contributed by atoms with Crippen molar-refractivity contribution in [2.24, 2.45) is 128 Å². The van der Waals surface area contributed by atoms with Gasteiger partial charge in [0.25, 0.3) is 0 Å². The molecule has 125 heavy (non-hydrogen) atoms. The highest BCUT2D eigenvalue weighted by Gasteiger charge is 2.47. The molecule has 12 saturated carbocycles. The SMILES string of the molecule is CC1(C)CC1.CC1(C)CCC1.CC1(C)CCCC1.CC1(C)CCCCC1.CC1=CCC(C)=CC1.CC1C=CC(C)C=C1.CC1CC(C)C1.CC1CCC(C)CC1.COCC(O)C1OC(OC)C(O)C1O.COCC1OC(OC)C(O)C(O)C1O.C[C@@H]1CCCC[C@@H]1C.C[C@@H]1CCC[C@@H]1C.C[C@@H]1CCC[C@H](C)C1.C[C@@H]1CC[C@@H]1C.C[C@@H]1CC[C@H](C)C1.C[C@@H]1C[C@@H]1C. The van der Waals surface area contributed by atoms with Crippen LogP contribution in [0, 0.1) is 128 Å². The number of hydrogen-bond acceptors (Lipinski definition) is 12. The topological polar surface area (TPSA) is 177 Å². The van der Waals surface area contributed by atoms with Gasteiger partial charge in [-0.25, -0.2) is 0 Å². The Morgan fingerprint density at radius 1 is 0.312 bits per heavy atom. The molecule has 6 N–H and O–H groups in total. The van der Waals surface area contributed by atoms with E-state index in [2.05, 4.69) is 230 Å². The number of aliphatic hydroxyl groups excluding tert-OH is 6. The van der Waals surface area contributed by atoms with Crippen LogP contribution in [0.1, 0.15) is 444 Å². The van der Waals surface area contributed by atoms with Gasteiger partial charge >= 0.3 is 0 Å². The van der Waals surface area contributed by atoms with Crippen molar-refractivity contribution < 1.29 is 59.1 Å². The fourth-order valence-electron chi connectivity index (χ4n) is 18.6. The van der Waals surface area contributed by atoms with E-state index in [9.17, 15) is 30.6 Å². The second-order valence-corrected chi connectivity index (χ2v) is 47.5. The molecule has 22 atom stereocenters. The molecule has 0 aromatic heterocycles. The largest absolute Gasteiger partial charge is 0.388 e. The highest BCUT2D eigenvalue weighted by molar-refractivity contribution is 5.18. The first kappa shape index (κ1) is 121. The summed E-state index contributed by atoms with van der Waals surface area (Å²) >= 11 is 0. The van der Waals surface area contributed by atoms with Gasteiger partial charge in [-0.2, -0.15) is 0 Å². The Bertz CT molecular complexity index is 2580. The minimum absolute atomic E-state index is 0.0326. The second-order valence-electron chi connectivity index (χ2n) is 47.5. The third kappa shape index (κ3) is 59.1. The zero-order valence-corrected chi connectivity index (χ0v) is 88.8. The Kier molecular flexibility index (Phi) is 64.2. The molecule has 0 bridgehead atoms. The van der Waals surface area contributed by atoms with Gasteiger partial charge in [-0.15, -0.1) is 0 Å². The van der Waals surface area contributed by atoms with Gasteiger partial charge in [-0.1, -0.05) is 382 Å². The Morgan fingerprint density at radius 2 is 0.608 bits per heavy atom. The highest BCUT2D eigenvalue weighted by Crippen LogP contribution is 2.44. The maximum atomic E-state index is 9.49. The molecule has 2 heterocycles. The van der Waals surface area contributed by atoms with Crippen LogP contribution in [0.2, 0.25) is 0 Å². The van der Waals surface area contributed by atoms with E-state index < -0.39 is 61.4 Å². The van der Waals surface area contributed by atoms with Gasteiger partial charge in [0.05, 0.1) is 13.2 Å². The molecule has 0 amide bonds. The van der Waals surface area contributed by atoms with E-state index in [0.717, 1.165) is 106 Å². The molecular formula is C113H218O12. The molecule has 12 heteroatoms. The average molecular weight is 1770 g/mol. The normalized spacial score (nSPS) is 37.5. The molecule has 0 aromatic rings. The van der Waals surface area contributed by atoms with Crippen LogP contribution >= 0.6 is 0 Å². The lowest BCUT2D eigenvalue weighted by molar-refractivity contribution is -0.295. The van der Waals surface area contributed by atoms with E-state index in [1.54, 1.807) is 0 Å². The van der Waals surface area contributed by atoms with Crippen molar-refractivity contribution in [1.29, 1.82) is 0 Å². The lowest BCUT2D eigenvalue weighted by Gasteiger charge is -2.39. The molecule has 14 fully saturated rings. The summed E-state index contributed by atoms with van der Waals surface area (Å²) in [6.45, 7) is 65.2. The van der Waals surface area contributed by atoms with Crippen LogP contribution in [0.15, 0.2) is 47.6 Å². The smallest absolute Gasteiger partial charge is 0.186 e. The fraction of sp³-hybridized carbons (Fsp3) is 0.929. The second kappa shape index (κ2) is 66.0.